The summed E-state index contributed by atoms with van der Waals surface area (Å²) in [5.41, 5.74) is 0. The van der Waals surface area contributed by atoms with Crippen molar-refractivity contribution in [1.82, 2.24) is 5.32 Å². The molecule has 0 rings (SSSR count). The monoisotopic (exact) mass is 217 g/mol. The van der Waals surface area contributed by atoms with Crippen molar-refractivity contribution in [3.8, 4) is 0 Å². The normalized spacial score (nSPS) is 9.47. The zero-order valence-corrected chi connectivity index (χ0v) is 8.87. The molecule has 0 unspecified atom stereocenters. The Kier molecular flexibility index (Phi) is 7.17. The fourth-order valence-electron chi connectivity index (χ4n) is 0.811. The Balaban J connectivity index is 3.57. The molecule has 0 aromatic heterocycles. The van der Waals surface area contributed by atoms with Crippen LogP contribution in [0.5, 0.6) is 0 Å². The number of Topliss-reactive ketones (excluding diaryl/α,β-unsaturated/α-hetero) is 1. The van der Waals surface area contributed by atoms with Crippen molar-refractivity contribution in [3.63, 3.8) is 0 Å². The number of carbonyl (C=O) groups is 3. The molecule has 0 saturated carbocycles. The molecular formula is C9H15NO5. The summed E-state index contributed by atoms with van der Waals surface area (Å²) in [6.45, 7) is -0.163. The first-order chi connectivity index (χ1) is 7.10. The third kappa shape index (κ3) is 7.63. The molecule has 15 heavy (non-hydrogen) atoms. The van der Waals surface area contributed by atoms with E-state index in [9.17, 15) is 14.4 Å². The maximum Gasteiger partial charge on any atom is 0.305 e. The first-order valence-corrected chi connectivity index (χ1v) is 4.44. The van der Waals surface area contributed by atoms with E-state index in [4.69, 9.17) is 0 Å². The molecular weight excluding hydrogens is 202 g/mol. The number of nitrogens with one attached hydrogen (secondary N) is 1. The van der Waals surface area contributed by atoms with Crippen molar-refractivity contribution >= 4 is 17.7 Å². The topological polar surface area (TPSA) is 81.7 Å². The summed E-state index contributed by atoms with van der Waals surface area (Å²) in [5, 5.41) is 2.36. The van der Waals surface area contributed by atoms with Gasteiger partial charge in [-0.2, -0.15) is 0 Å². The molecule has 0 aromatic rings. The van der Waals surface area contributed by atoms with Gasteiger partial charge in [-0.3, -0.25) is 14.4 Å². The van der Waals surface area contributed by atoms with Gasteiger partial charge in [0, 0.05) is 13.5 Å². The van der Waals surface area contributed by atoms with Gasteiger partial charge in [0.2, 0.25) is 5.91 Å². The van der Waals surface area contributed by atoms with E-state index in [1.807, 2.05) is 0 Å². The number of esters is 1. The molecule has 1 amide bonds. The van der Waals surface area contributed by atoms with E-state index in [1.54, 1.807) is 0 Å². The number of carbonyl (C=O) groups excluding carboxylic acids is 3. The van der Waals surface area contributed by atoms with Crippen LogP contribution >= 0.6 is 0 Å². The number of ketones is 1. The van der Waals surface area contributed by atoms with E-state index < -0.39 is 5.97 Å². The second kappa shape index (κ2) is 7.93. The molecule has 0 aliphatic heterocycles. The van der Waals surface area contributed by atoms with Gasteiger partial charge < -0.3 is 14.8 Å². The summed E-state index contributed by atoms with van der Waals surface area (Å²) in [6.07, 6.45) is 0.107. The molecule has 0 radical (unpaired) electrons. The summed E-state index contributed by atoms with van der Waals surface area (Å²) in [6, 6.07) is 0. The maximum absolute atomic E-state index is 11.1. The standard InChI is InChI=1S/C9H15NO5/c1-14-6-8(12)10-5-7(11)3-4-9(13)15-2/h3-6H2,1-2H3,(H,10,12). The van der Waals surface area contributed by atoms with Crippen molar-refractivity contribution in [2.75, 3.05) is 27.4 Å². The van der Waals surface area contributed by atoms with Gasteiger partial charge in [-0.25, -0.2) is 0 Å². The first-order valence-electron chi connectivity index (χ1n) is 4.44. The highest BCUT2D eigenvalue weighted by atomic mass is 16.5. The highest BCUT2D eigenvalue weighted by Crippen LogP contribution is 1.92. The second-order valence-corrected chi connectivity index (χ2v) is 2.82. The molecule has 0 aliphatic carbocycles. The smallest absolute Gasteiger partial charge is 0.305 e. The van der Waals surface area contributed by atoms with Crippen molar-refractivity contribution in [2.45, 2.75) is 12.8 Å². The molecule has 0 atom stereocenters. The lowest BCUT2D eigenvalue weighted by Gasteiger charge is -2.03. The van der Waals surface area contributed by atoms with Crippen LogP contribution in [0.25, 0.3) is 0 Å². The molecule has 0 heterocycles. The summed E-state index contributed by atoms with van der Waals surface area (Å²) < 4.78 is 8.92. The van der Waals surface area contributed by atoms with E-state index in [2.05, 4.69) is 14.8 Å². The van der Waals surface area contributed by atoms with E-state index in [-0.39, 0.29) is 37.7 Å². The predicted octanol–water partition coefficient (Wildman–Crippen LogP) is -0.729. The lowest BCUT2D eigenvalue weighted by atomic mass is 10.2. The van der Waals surface area contributed by atoms with E-state index in [0.717, 1.165) is 0 Å². The van der Waals surface area contributed by atoms with Gasteiger partial charge in [0.15, 0.2) is 5.78 Å². The molecule has 0 aromatic carbocycles. The van der Waals surface area contributed by atoms with Gasteiger partial charge in [0.1, 0.15) is 6.61 Å². The Morgan fingerprint density at radius 2 is 1.80 bits per heavy atom. The number of rotatable bonds is 7. The minimum absolute atomic E-state index is 0.0372. The molecule has 0 fully saturated rings. The Morgan fingerprint density at radius 1 is 1.13 bits per heavy atom. The zero-order chi connectivity index (χ0) is 11.7. The fraction of sp³-hybridized carbons (Fsp3) is 0.667. The third-order valence-corrected chi connectivity index (χ3v) is 1.59. The van der Waals surface area contributed by atoms with Gasteiger partial charge in [0.05, 0.1) is 20.1 Å². The number of ether oxygens (including phenoxy) is 2. The molecule has 86 valence electrons. The molecule has 0 saturated heterocycles. The van der Waals surface area contributed by atoms with Gasteiger partial charge in [-0.05, 0) is 0 Å². The first kappa shape index (κ1) is 13.6. The predicted molar refractivity (Wildman–Crippen MR) is 51.1 cm³/mol. The largest absolute Gasteiger partial charge is 0.469 e. The Labute approximate surface area is 87.9 Å². The zero-order valence-electron chi connectivity index (χ0n) is 8.87. The SMILES string of the molecule is COCC(=O)NCC(=O)CCC(=O)OC. The van der Waals surface area contributed by atoms with Gasteiger partial charge >= 0.3 is 5.97 Å². The number of methoxy groups -OCH3 is 2. The minimum atomic E-state index is -0.438. The molecule has 1 N–H and O–H groups in total. The van der Waals surface area contributed by atoms with Crippen LogP contribution in [-0.4, -0.2) is 45.0 Å². The van der Waals surface area contributed by atoms with Gasteiger partial charge in [-0.1, -0.05) is 0 Å². The van der Waals surface area contributed by atoms with Gasteiger partial charge in [0.25, 0.3) is 0 Å². The van der Waals surface area contributed by atoms with Crippen molar-refractivity contribution in [2.24, 2.45) is 0 Å². The highest BCUT2D eigenvalue weighted by molar-refractivity contribution is 5.88. The summed E-state index contributed by atoms with van der Waals surface area (Å²) >= 11 is 0. The van der Waals surface area contributed by atoms with Crippen LogP contribution in [0.2, 0.25) is 0 Å². The Bertz CT molecular complexity index is 239. The van der Waals surface area contributed by atoms with Crippen LogP contribution in [-0.2, 0) is 23.9 Å². The number of amides is 1. The molecule has 6 heteroatoms. The number of hydrogen-bond acceptors (Lipinski definition) is 5. The molecule has 0 spiro atoms. The maximum atomic E-state index is 11.1. The summed E-state index contributed by atoms with van der Waals surface area (Å²) in [7, 11) is 2.64. The average molecular weight is 217 g/mol. The quantitative estimate of drug-likeness (QED) is 0.569. The second-order valence-electron chi connectivity index (χ2n) is 2.82. The lowest BCUT2D eigenvalue weighted by molar-refractivity contribution is -0.141. The van der Waals surface area contributed by atoms with Crippen LogP contribution in [0.15, 0.2) is 0 Å². The van der Waals surface area contributed by atoms with Crippen molar-refractivity contribution in [3.05, 3.63) is 0 Å². The summed E-state index contributed by atoms with van der Waals surface area (Å²) in [4.78, 5) is 32.6. The van der Waals surface area contributed by atoms with Crippen LogP contribution in [0.3, 0.4) is 0 Å². The molecule has 0 bridgehead atoms. The van der Waals surface area contributed by atoms with E-state index >= 15 is 0 Å². The van der Waals surface area contributed by atoms with Crippen molar-refractivity contribution < 1.29 is 23.9 Å². The van der Waals surface area contributed by atoms with Crippen molar-refractivity contribution in [1.29, 1.82) is 0 Å². The molecule has 6 nitrogen and oxygen atoms in total. The fourth-order valence-corrected chi connectivity index (χ4v) is 0.811. The van der Waals surface area contributed by atoms with E-state index in [0.29, 0.717) is 0 Å². The average Bonchev–Trinajstić information content (AvgIpc) is 2.23. The molecule has 0 aliphatic rings. The van der Waals surface area contributed by atoms with Gasteiger partial charge in [-0.15, -0.1) is 0 Å². The van der Waals surface area contributed by atoms with Crippen LogP contribution in [0.1, 0.15) is 12.8 Å². The van der Waals surface area contributed by atoms with Crippen LogP contribution in [0, 0.1) is 0 Å². The lowest BCUT2D eigenvalue weighted by Crippen LogP contribution is -2.32. The summed E-state index contributed by atoms with van der Waals surface area (Å²) in [5.74, 6) is -1.01. The van der Waals surface area contributed by atoms with E-state index in [1.165, 1.54) is 14.2 Å². The van der Waals surface area contributed by atoms with Crippen LogP contribution in [0.4, 0.5) is 0 Å². The highest BCUT2D eigenvalue weighted by Gasteiger charge is 2.08. The number of hydrogen-bond donors (Lipinski definition) is 1. The third-order valence-electron chi connectivity index (χ3n) is 1.59. The minimum Gasteiger partial charge on any atom is -0.469 e. The Morgan fingerprint density at radius 3 is 2.33 bits per heavy atom. The Hall–Kier alpha value is -1.43. The van der Waals surface area contributed by atoms with Crippen LogP contribution < -0.4 is 5.32 Å².